The molecule has 0 saturated carbocycles. The van der Waals surface area contributed by atoms with Crippen LogP contribution in [0.3, 0.4) is 0 Å². The van der Waals surface area contributed by atoms with E-state index in [0.29, 0.717) is 11.1 Å². The quantitative estimate of drug-likeness (QED) is 0.360. The van der Waals surface area contributed by atoms with Crippen molar-refractivity contribution in [3.63, 3.8) is 0 Å². The molecule has 0 aliphatic heterocycles. The van der Waals surface area contributed by atoms with E-state index >= 15 is 0 Å². The second kappa shape index (κ2) is 7.69. The van der Waals surface area contributed by atoms with Crippen LogP contribution in [0.15, 0.2) is 41.7 Å². The third kappa shape index (κ3) is 3.62. The van der Waals surface area contributed by atoms with Crippen molar-refractivity contribution in [3.05, 3.63) is 80.9 Å². The second-order valence-corrected chi connectivity index (χ2v) is 7.97. The van der Waals surface area contributed by atoms with E-state index in [2.05, 4.69) is 22.9 Å². The van der Waals surface area contributed by atoms with Crippen molar-refractivity contribution < 1.29 is 4.79 Å². The zero-order valence-corrected chi connectivity index (χ0v) is 17.3. The van der Waals surface area contributed by atoms with E-state index in [1.165, 1.54) is 18.4 Å². The zero-order chi connectivity index (χ0) is 20.5. The maximum absolute atomic E-state index is 13.1. The Morgan fingerprint density at radius 2 is 1.93 bits per heavy atom. The first-order chi connectivity index (χ1) is 14.0. The van der Waals surface area contributed by atoms with Gasteiger partial charge in [-0.3, -0.25) is 10.2 Å². The highest BCUT2D eigenvalue weighted by Gasteiger charge is 2.20. The number of hydrogen-bond donors (Lipinski definition) is 2. The number of aromatic amines is 1. The topological polar surface area (TPSA) is 56.7 Å². The molecule has 0 radical (unpaired) electrons. The molecule has 2 aliphatic carbocycles. The van der Waals surface area contributed by atoms with Gasteiger partial charge in [-0.25, -0.2) is 0 Å². The van der Waals surface area contributed by atoms with Gasteiger partial charge in [-0.15, -0.1) is 5.73 Å². The summed E-state index contributed by atoms with van der Waals surface area (Å²) in [5.74, 6) is -0.246. The summed E-state index contributed by atoms with van der Waals surface area (Å²) >= 11 is 0. The maximum atomic E-state index is 13.1. The number of carbonyl (C=O) groups is 1. The van der Waals surface area contributed by atoms with Crippen LogP contribution in [0.4, 0.5) is 0 Å². The molecule has 29 heavy (non-hydrogen) atoms. The van der Waals surface area contributed by atoms with Gasteiger partial charge in [-0.05, 0) is 86.9 Å². The molecular formula is C26H26N2O. The highest BCUT2D eigenvalue weighted by molar-refractivity contribution is 6.51. The molecule has 0 fully saturated rings. The van der Waals surface area contributed by atoms with Crippen molar-refractivity contribution >= 4 is 29.2 Å². The average Bonchev–Trinajstić information content (AvgIpc) is 3.03. The van der Waals surface area contributed by atoms with Crippen LogP contribution in [-0.2, 0) is 0 Å². The number of allylic oxidation sites excluding steroid dienone is 4. The number of carbonyl (C=O) groups excluding carboxylic acids is 1. The minimum absolute atomic E-state index is 0.00438. The van der Waals surface area contributed by atoms with Crippen LogP contribution in [0.5, 0.6) is 0 Å². The Kier molecular flexibility index (Phi) is 5.08. The monoisotopic (exact) mass is 382 g/mol. The van der Waals surface area contributed by atoms with E-state index in [1.54, 1.807) is 6.08 Å². The Morgan fingerprint density at radius 1 is 1.10 bits per heavy atom. The van der Waals surface area contributed by atoms with Crippen LogP contribution < -0.4 is 0 Å². The van der Waals surface area contributed by atoms with Gasteiger partial charge in [-0.2, -0.15) is 0 Å². The summed E-state index contributed by atoms with van der Waals surface area (Å²) in [6, 6.07) is 5.91. The largest absolute Gasteiger partial charge is 0.354 e. The zero-order valence-electron chi connectivity index (χ0n) is 17.3. The lowest BCUT2D eigenvalue weighted by Gasteiger charge is -2.11. The van der Waals surface area contributed by atoms with Gasteiger partial charge < -0.3 is 4.98 Å². The molecule has 0 spiro atoms. The van der Waals surface area contributed by atoms with Crippen molar-refractivity contribution in [1.29, 1.82) is 5.41 Å². The van der Waals surface area contributed by atoms with Crippen molar-refractivity contribution in [2.75, 3.05) is 0 Å². The standard InChI is InChI=1S/C26H26N2O/c1-16-12-13-22(18(3)17(16)2)26(29)25(27)20-10-7-11-23-21(14-20)15-24(28-23)19-8-5-4-6-9-19/h8,10-15,27-28H,4-6,9H2,1-3H3. The van der Waals surface area contributed by atoms with E-state index < -0.39 is 0 Å². The molecular weight excluding hydrogens is 356 g/mol. The van der Waals surface area contributed by atoms with Gasteiger partial charge in [0.05, 0.1) is 5.69 Å². The first kappa shape index (κ1) is 19.2. The molecule has 0 bridgehead atoms. The molecule has 2 aromatic rings. The van der Waals surface area contributed by atoms with Crippen molar-refractivity contribution in [1.82, 2.24) is 4.98 Å². The third-order valence-corrected chi connectivity index (χ3v) is 6.11. The number of aryl methyl sites for hydroxylation is 1. The summed E-state index contributed by atoms with van der Waals surface area (Å²) in [5.41, 5.74) is 12.0. The maximum Gasteiger partial charge on any atom is 0.211 e. The fourth-order valence-electron chi connectivity index (χ4n) is 4.02. The summed E-state index contributed by atoms with van der Waals surface area (Å²) in [6.45, 7) is 6.01. The molecule has 0 amide bonds. The number of rotatable bonds is 4. The Bertz CT molecular complexity index is 1150. The molecule has 3 nitrogen and oxygen atoms in total. The van der Waals surface area contributed by atoms with Crippen LogP contribution >= 0.6 is 0 Å². The molecule has 2 N–H and O–H groups in total. The predicted octanol–water partition coefficient (Wildman–Crippen LogP) is 6.37. The Balaban J connectivity index is 1.67. The van der Waals surface area contributed by atoms with E-state index in [9.17, 15) is 4.79 Å². The molecule has 1 heterocycles. The third-order valence-electron chi connectivity index (χ3n) is 6.11. The van der Waals surface area contributed by atoms with Gasteiger partial charge in [0.2, 0.25) is 5.78 Å². The lowest BCUT2D eigenvalue weighted by Crippen LogP contribution is -2.16. The lowest BCUT2D eigenvalue weighted by atomic mass is 9.92. The van der Waals surface area contributed by atoms with Crippen LogP contribution in [0.25, 0.3) is 17.7 Å². The van der Waals surface area contributed by atoms with Gasteiger partial charge in [0, 0.05) is 28.5 Å². The van der Waals surface area contributed by atoms with E-state index in [1.807, 2.05) is 45.1 Å². The minimum atomic E-state index is -0.246. The van der Waals surface area contributed by atoms with E-state index in [4.69, 9.17) is 5.41 Å². The van der Waals surface area contributed by atoms with Crippen LogP contribution in [0.2, 0.25) is 0 Å². The van der Waals surface area contributed by atoms with Gasteiger partial charge >= 0.3 is 0 Å². The summed E-state index contributed by atoms with van der Waals surface area (Å²) in [7, 11) is 0. The Morgan fingerprint density at radius 3 is 2.69 bits per heavy atom. The fourth-order valence-corrected chi connectivity index (χ4v) is 4.02. The molecule has 0 unspecified atom stereocenters. The smallest absolute Gasteiger partial charge is 0.211 e. The number of Topliss-reactive ketones (excluding diaryl/α,β-unsaturated/α-hetero) is 1. The van der Waals surface area contributed by atoms with Crippen LogP contribution in [-0.4, -0.2) is 16.5 Å². The van der Waals surface area contributed by atoms with Gasteiger partial charge in [0.25, 0.3) is 0 Å². The first-order valence-electron chi connectivity index (χ1n) is 10.2. The van der Waals surface area contributed by atoms with Gasteiger partial charge in [0.15, 0.2) is 0 Å². The lowest BCUT2D eigenvalue weighted by molar-refractivity contribution is 0.106. The second-order valence-electron chi connectivity index (χ2n) is 7.97. The Hall–Kier alpha value is -3.16. The minimum Gasteiger partial charge on any atom is -0.354 e. The van der Waals surface area contributed by atoms with Crippen molar-refractivity contribution in [2.45, 2.75) is 46.5 Å². The molecule has 0 saturated heterocycles. The summed E-state index contributed by atoms with van der Waals surface area (Å²) in [4.78, 5) is 16.5. The van der Waals surface area contributed by atoms with Crippen molar-refractivity contribution in [2.24, 2.45) is 0 Å². The average molecular weight is 383 g/mol. The number of nitrogens with one attached hydrogen (secondary N) is 2. The number of fused-ring (bicyclic) bond motifs is 1. The predicted molar refractivity (Wildman–Crippen MR) is 120 cm³/mol. The highest BCUT2D eigenvalue weighted by Crippen LogP contribution is 2.30. The number of benzene rings is 1. The summed E-state index contributed by atoms with van der Waals surface area (Å²) < 4.78 is 0. The SMILES string of the molecule is Cc1ccc(C(=O)C(=N)C2=Cc3cc(C4=CCCCC4)[nH]c3C=C=C2)c(C)c1C. The molecule has 1 aromatic carbocycles. The number of ketones is 1. The summed E-state index contributed by atoms with van der Waals surface area (Å²) in [6.07, 6.45) is 12.6. The Labute approximate surface area is 172 Å². The molecule has 4 rings (SSSR count). The van der Waals surface area contributed by atoms with E-state index in [0.717, 1.165) is 46.5 Å². The van der Waals surface area contributed by atoms with Crippen LogP contribution in [0.1, 0.15) is 69.7 Å². The van der Waals surface area contributed by atoms with Crippen LogP contribution in [0, 0.1) is 26.2 Å². The normalized spacial score (nSPS) is 15.4. The highest BCUT2D eigenvalue weighted by atomic mass is 16.1. The molecule has 3 heteroatoms. The number of hydrogen-bond acceptors (Lipinski definition) is 2. The van der Waals surface area contributed by atoms with Gasteiger partial charge in [-0.1, -0.05) is 18.2 Å². The number of H-pyrrole nitrogens is 1. The molecule has 1 aromatic heterocycles. The molecule has 146 valence electrons. The van der Waals surface area contributed by atoms with Crippen molar-refractivity contribution in [3.8, 4) is 0 Å². The number of aromatic nitrogens is 1. The van der Waals surface area contributed by atoms with E-state index in [-0.39, 0.29) is 11.5 Å². The summed E-state index contributed by atoms with van der Waals surface area (Å²) in [5, 5.41) is 8.56. The molecule has 2 aliphatic rings. The molecule has 0 atom stereocenters. The first-order valence-corrected chi connectivity index (χ1v) is 10.2. The van der Waals surface area contributed by atoms with Gasteiger partial charge in [0.1, 0.15) is 5.71 Å². The fraction of sp³-hybridized carbons (Fsp3) is 0.269.